The third kappa shape index (κ3) is 2.34. The van der Waals surface area contributed by atoms with Gasteiger partial charge in [0.2, 0.25) is 0 Å². The lowest BCUT2D eigenvalue weighted by atomic mass is 10.2. The van der Waals surface area contributed by atoms with Gasteiger partial charge in [-0.3, -0.25) is 14.3 Å². The predicted octanol–water partition coefficient (Wildman–Crippen LogP) is -1.06. The van der Waals surface area contributed by atoms with Crippen LogP contribution in [0.15, 0.2) is 20.3 Å². The Hall–Kier alpha value is -0.960. The molecule has 0 radical (unpaired) electrons. The van der Waals surface area contributed by atoms with E-state index in [-0.39, 0.29) is 17.6 Å². The van der Waals surface area contributed by atoms with Gasteiger partial charge in [0.05, 0.1) is 17.3 Å². The third-order valence-electron chi connectivity index (χ3n) is 2.60. The van der Waals surface area contributed by atoms with E-state index < -0.39 is 29.7 Å². The SMILES string of the molecule is O=c1cc(Br)n([C@H]2C[C@H](O)[C@@H](CO)O2)c(=O)[nH]1. The quantitative estimate of drug-likeness (QED) is 0.604. The second-order valence-electron chi connectivity index (χ2n) is 3.75. The summed E-state index contributed by atoms with van der Waals surface area (Å²) < 4.78 is 6.77. The van der Waals surface area contributed by atoms with Gasteiger partial charge < -0.3 is 14.9 Å². The lowest BCUT2D eigenvalue weighted by molar-refractivity contribution is -0.0466. The fourth-order valence-electron chi connectivity index (χ4n) is 1.78. The van der Waals surface area contributed by atoms with Gasteiger partial charge in [0.15, 0.2) is 0 Å². The molecule has 2 heterocycles. The molecule has 1 fully saturated rings. The number of H-pyrrole nitrogens is 1. The second-order valence-corrected chi connectivity index (χ2v) is 4.56. The number of ether oxygens (including phenoxy) is 1. The number of rotatable bonds is 2. The number of nitrogens with one attached hydrogen (secondary N) is 1. The maximum Gasteiger partial charge on any atom is 0.331 e. The van der Waals surface area contributed by atoms with Crippen LogP contribution < -0.4 is 11.2 Å². The standard InChI is InChI=1S/C9H11BrN2O5/c10-6-2-7(15)11-9(16)12(6)8-1-4(14)5(3-13)17-8/h2,4-5,8,13-14H,1,3H2,(H,11,15,16)/t4-,5+,8+/m0/s1. The van der Waals surface area contributed by atoms with Crippen molar-refractivity contribution < 1.29 is 14.9 Å². The van der Waals surface area contributed by atoms with Crippen LogP contribution in [-0.4, -0.2) is 38.6 Å². The molecule has 0 bridgehead atoms. The topological polar surface area (TPSA) is 105 Å². The number of hydrogen-bond acceptors (Lipinski definition) is 5. The zero-order valence-electron chi connectivity index (χ0n) is 8.67. The summed E-state index contributed by atoms with van der Waals surface area (Å²) in [5.41, 5.74) is -1.14. The van der Waals surface area contributed by atoms with Gasteiger partial charge in [-0.1, -0.05) is 0 Å². The molecule has 3 atom stereocenters. The molecule has 0 spiro atoms. The van der Waals surface area contributed by atoms with Gasteiger partial charge in [-0.15, -0.1) is 0 Å². The molecule has 0 aromatic carbocycles. The van der Waals surface area contributed by atoms with Crippen molar-refractivity contribution in [1.29, 1.82) is 0 Å². The van der Waals surface area contributed by atoms with E-state index in [0.717, 1.165) is 0 Å². The molecule has 94 valence electrons. The predicted molar refractivity (Wildman–Crippen MR) is 60.6 cm³/mol. The van der Waals surface area contributed by atoms with Crippen LogP contribution in [0.2, 0.25) is 0 Å². The monoisotopic (exact) mass is 306 g/mol. The Labute approximate surface area is 104 Å². The normalized spacial score (nSPS) is 28.5. The molecule has 0 amide bonds. The smallest absolute Gasteiger partial charge is 0.331 e. The average molecular weight is 307 g/mol. The zero-order chi connectivity index (χ0) is 12.6. The first-order valence-corrected chi connectivity index (χ1v) is 5.78. The summed E-state index contributed by atoms with van der Waals surface area (Å²) in [5.74, 6) is 0. The Morgan fingerprint density at radius 3 is 2.82 bits per heavy atom. The van der Waals surface area contributed by atoms with Gasteiger partial charge in [0, 0.05) is 12.5 Å². The van der Waals surface area contributed by atoms with E-state index in [0.29, 0.717) is 0 Å². The fourth-order valence-corrected chi connectivity index (χ4v) is 2.38. The summed E-state index contributed by atoms with van der Waals surface area (Å²) in [5, 5.41) is 18.5. The zero-order valence-corrected chi connectivity index (χ0v) is 10.3. The Balaban J connectivity index is 2.37. The molecule has 8 heteroatoms. The molecule has 1 aromatic heterocycles. The maximum atomic E-state index is 11.6. The number of hydrogen-bond donors (Lipinski definition) is 3. The van der Waals surface area contributed by atoms with Gasteiger partial charge in [-0.25, -0.2) is 4.79 Å². The lowest BCUT2D eigenvalue weighted by Crippen LogP contribution is -2.33. The average Bonchev–Trinajstić information content (AvgIpc) is 2.57. The van der Waals surface area contributed by atoms with Crippen molar-refractivity contribution in [2.45, 2.75) is 24.9 Å². The number of aromatic nitrogens is 2. The summed E-state index contributed by atoms with van der Waals surface area (Å²) in [6.07, 6.45) is -2.09. The molecule has 7 nitrogen and oxygen atoms in total. The summed E-state index contributed by atoms with van der Waals surface area (Å²) in [6, 6.07) is 1.20. The fraction of sp³-hybridized carbons (Fsp3) is 0.556. The van der Waals surface area contributed by atoms with Crippen molar-refractivity contribution in [3.63, 3.8) is 0 Å². The van der Waals surface area contributed by atoms with Crippen LogP contribution in [0.1, 0.15) is 12.6 Å². The Bertz CT molecular complexity index is 525. The molecule has 1 aliphatic heterocycles. The molecular formula is C9H11BrN2O5. The summed E-state index contributed by atoms with van der Waals surface area (Å²) in [6.45, 7) is -0.326. The highest BCUT2D eigenvalue weighted by Gasteiger charge is 2.35. The molecule has 0 unspecified atom stereocenters. The Morgan fingerprint density at radius 2 is 2.29 bits per heavy atom. The van der Waals surface area contributed by atoms with E-state index in [1.165, 1.54) is 10.6 Å². The number of aliphatic hydroxyl groups excluding tert-OH is 2. The van der Waals surface area contributed by atoms with E-state index in [9.17, 15) is 14.7 Å². The van der Waals surface area contributed by atoms with Crippen molar-refractivity contribution in [3.05, 3.63) is 31.5 Å². The van der Waals surface area contributed by atoms with Gasteiger partial charge in [0.1, 0.15) is 12.3 Å². The van der Waals surface area contributed by atoms with Crippen LogP contribution in [0, 0.1) is 0 Å². The van der Waals surface area contributed by atoms with E-state index in [4.69, 9.17) is 9.84 Å². The van der Waals surface area contributed by atoms with Crippen LogP contribution in [0.5, 0.6) is 0 Å². The second kappa shape index (κ2) is 4.73. The molecule has 3 N–H and O–H groups in total. The third-order valence-corrected chi connectivity index (χ3v) is 3.21. The van der Waals surface area contributed by atoms with Gasteiger partial charge >= 0.3 is 5.69 Å². The molecular weight excluding hydrogens is 296 g/mol. The van der Waals surface area contributed by atoms with Crippen LogP contribution in [0.3, 0.4) is 0 Å². The van der Waals surface area contributed by atoms with Gasteiger partial charge in [0.25, 0.3) is 5.56 Å². The molecule has 0 saturated carbocycles. The summed E-state index contributed by atoms with van der Waals surface area (Å²) in [4.78, 5) is 24.7. The van der Waals surface area contributed by atoms with Gasteiger partial charge in [-0.05, 0) is 15.9 Å². The van der Waals surface area contributed by atoms with E-state index >= 15 is 0 Å². The molecule has 17 heavy (non-hydrogen) atoms. The first kappa shape index (κ1) is 12.5. The maximum absolute atomic E-state index is 11.6. The first-order valence-electron chi connectivity index (χ1n) is 4.98. The number of halogens is 1. The van der Waals surface area contributed by atoms with Crippen molar-refractivity contribution in [2.24, 2.45) is 0 Å². The van der Waals surface area contributed by atoms with E-state index in [2.05, 4.69) is 20.9 Å². The minimum atomic E-state index is -0.837. The largest absolute Gasteiger partial charge is 0.394 e. The molecule has 1 aromatic rings. The Morgan fingerprint density at radius 1 is 1.59 bits per heavy atom. The van der Waals surface area contributed by atoms with Crippen molar-refractivity contribution in [3.8, 4) is 0 Å². The van der Waals surface area contributed by atoms with Crippen molar-refractivity contribution in [2.75, 3.05) is 6.61 Å². The van der Waals surface area contributed by atoms with Crippen LogP contribution in [0.4, 0.5) is 0 Å². The van der Waals surface area contributed by atoms with E-state index in [1.807, 2.05) is 0 Å². The minimum absolute atomic E-state index is 0.176. The van der Waals surface area contributed by atoms with Crippen LogP contribution >= 0.6 is 15.9 Å². The Kier molecular flexibility index (Phi) is 3.48. The highest BCUT2D eigenvalue weighted by molar-refractivity contribution is 9.10. The van der Waals surface area contributed by atoms with Crippen LogP contribution in [-0.2, 0) is 4.74 Å². The van der Waals surface area contributed by atoms with E-state index in [1.54, 1.807) is 0 Å². The van der Waals surface area contributed by atoms with Crippen molar-refractivity contribution >= 4 is 15.9 Å². The first-order chi connectivity index (χ1) is 8.02. The lowest BCUT2D eigenvalue weighted by Gasteiger charge is -2.15. The summed E-state index contributed by atoms with van der Waals surface area (Å²) in [7, 11) is 0. The summed E-state index contributed by atoms with van der Waals surface area (Å²) >= 11 is 3.09. The molecule has 1 saturated heterocycles. The highest BCUT2D eigenvalue weighted by Crippen LogP contribution is 2.29. The number of aliphatic hydroxyl groups is 2. The minimum Gasteiger partial charge on any atom is -0.394 e. The number of aromatic amines is 1. The molecule has 1 aliphatic rings. The number of nitrogens with zero attached hydrogens (tertiary/aromatic N) is 1. The molecule has 0 aliphatic carbocycles. The highest BCUT2D eigenvalue weighted by atomic mass is 79.9. The van der Waals surface area contributed by atoms with Crippen molar-refractivity contribution in [1.82, 2.24) is 9.55 Å². The van der Waals surface area contributed by atoms with Crippen LogP contribution in [0.25, 0.3) is 0 Å². The van der Waals surface area contributed by atoms with Gasteiger partial charge in [-0.2, -0.15) is 0 Å². The molecule has 2 rings (SSSR count).